The number of hydrazone groups is 1. The zero-order valence-electron chi connectivity index (χ0n) is 17.0. The van der Waals surface area contributed by atoms with Gasteiger partial charge in [-0.1, -0.05) is 20.8 Å². The molecule has 2 saturated carbocycles. The van der Waals surface area contributed by atoms with Crippen LogP contribution in [0.25, 0.3) is 0 Å². The Kier molecular flexibility index (Phi) is 4.75. The average molecular weight is 392 g/mol. The number of fused-ring (bicyclic) bond motifs is 2. The molecule has 3 rings (SSSR count). The molecule has 0 aromatic heterocycles. The molecule has 9 heteroatoms. The quantitative estimate of drug-likeness (QED) is 0.414. The van der Waals surface area contributed by atoms with Crippen molar-refractivity contribution in [1.82, 2.24) is 15.6 Å². The van der Waals surface area contributed by atoms with E-state index >= 15 is 0 Å². The van der Waals surface area contributed by atoms with E-state index in [-0.39, 0.29) is 10.8 Å². The fourth-order valence-electron chi connectivity index (χ4n) is 4.54. The van der Waals surface area contributed by atoms with Crippen LogP contribution in [0.4, 0.5) is 4.79 Å². The minimum Gasteiger partial charge on any atom is -0.454 e. The van der Waals surface area contributed by atoms with Gasteiger partial charge in [-0.05, 0) is 44.4 Å². The summed E-state index contributed by atoms with van der Waals surface area (Å²) >= 11 is 0. The van der Waals surface area contributed by atoms with E-state index in [1.54, 1.807) is 13.8 Å². The topological polar surface area (TPSA) is 117 Å². The molecule has 28 heavy (non-hydrogen) atoms. The number of esters is 1. The van der Waals surface area contributed by atoms with Gasteiger partial charge < -0.3 is 10.1 Å². The van der Waals surface area contributed by atoms with Crippen LogP contribution in [-0.4, -0.2) is 53.1 Å². The molecule has 0 radical (unpaired) electrons. The van der Waals surface area contributed by atoms with Crippen LogP contribution in [0.3, 0.4) is 0 Å². The summed E-state index contributed by atoms with van der Waals surface area (Å²) in [5.41, 5.74) is 2.51. The van der Waals surface area contributed by atoms with Crippen LogP contribution in [0.5, 0.6) is 0 Å². The summed E-state index contributed by atoms with van der Waals surface area (Å²) in [5.74, 6) is -1.34. The Balaban J connectivity index is 1.48. The summed E-state index contributed by atoms with van der Waals surface area (Å²) < 4.78 is 4.88. The monoisotopic (exact) mass is 392 g/mol. The van der Waals surface area contributed by atoms with Crippen molar-refractivity contribution in [3.63, 3.8) is 0 Å². The summed E-state index contributed by atoms with van der Waals surface area (Å²) in [6.07, 6.45) is 3.09. The molecule has 3 fully saturated rings. The molecule has 154 valence electrons. The molecule has 1 heterocycles. The number of ether oxygens (including phenoxy) is 1. The molecule has 3 aliphatic rings. The predicted octanol–water partition coefficient (Wildman–Crippen LogP) is 1.18. The van der Waals surface area contributed by atoms with Crippen molar-refractivity contribution in [2.45, 2.75) is 59.4 Å². The van der Waals surface area contributed by atoms with Gasteiger partial charge in [0.2, 0.25) is 0 Å². The largest absolute Gasteiger partial charge is 0.454 e. The highest BCUT2D eigenvalue weighted by molar-refractivity contribution is 6.08. The fraction of sp³-hybridized carbons (Fsp3) is 0.737. The highest BCUT2D eigenvalue weighted by Gasteiger charge is 2.60. The number of urea groups is 1. The number of carbonyl (C=O) groups is 4. The van der Waals surface area contributed by atoms with E-state index in [0.717, 1.165) is 23.5 Å². The summed E-state index contributed by atoms with van der Waals surface area (Å²) in [5, 5.41) is 6.77. The van der Waals surface area contributed by atoms with E-state index in [4.69, 9.17) is 4.74 Å². The van der Waals surface area contributed by atoms with Gasteiger partial charge in [0.15, 0.2) is 6.61 Å². The number of nitrogens with one attached hydrogen (secondary N) is 2. The van der Waals surface area contributed by atoms with Crippen LogP contribution in [0.1, 0.15) is 53.9 Å². The van der Waals surface area contributed by atoms with Crippen LogP contribution in [0.2, 0.25) is 0 Å². The maximum Gasteiger partial charge on any atom is 0.326 e. The Labute approximate surface area is 164 Å². The van der Waals surface area contributed by atoms with Crippen molar-refractivity contribution in [2.24, 2.45) is 21.8 Å². The van der Waals surface area contributed by atoms with E-state index in [9.17, 15) is 19.2 Å². The van der Waals surface area contributed by atoms with Gasteiger partial charge in [0.1, 0.15) is 12.1 Å². The summed E-state index contributed by atoms with van der Waals surface area (Å²) in [6, 6.07) is -0.657. The van der Waals surface area contributed by atoms with Crippen molar-refractivity contribution in [1.29, 1.82) is 0 Å². The average Bonchev–Trinajstić information content (AvgIpc) is 3.03. The molecular formula is C19H28N4O5. The van der Waals surface area contributed by atoms with Gasteiger partial charge in [0.05, 0.1) is 0 Å². The Morgan fingerprint density at radius 2 is 1.93 bits per heavy atom. The molecule has 0 aromatic carbocycles. The first-order valence-electron chi connectivity index (χ1n) is 9.54. The standard InChI is InChI=1S/C19H28N4O5/c1-17(2)11-6-7-19(17,5)12(8-11)21-22-13(24)10-28-14(25)9-23-15(26)18(3,4)20-16(23)27/h11H,6-10H2,1-5H3,(H,20,27)(H,22,24)/b21-12+. The fourth-order valence-corrected chi connectivity index (χ4v) is 4.54. The number of rotatable bonds is 5. The highest BCUT2D eigenvalue weighted by atomic mass is 16.5. The van der Waals surface area contributed by atoms with Crippen LogP contribution < -0.4 is 10.7 Å². The lowest BCUT2D eigenvalue weighted by Gasteiger charge is -2.34. The lowest BCUT2D eigenvalue weighted by molar-refractivity contribution is -0.151. The lowest BCUT2D eigenvalue weighted by Crippen LogP contribution is -2.41. The Bertz CT molecular complexity index is 772. The second-order valence-electron chi connectivity index (χ2n) is 9.19. The number of hydrogen-bond acceptors (Lipinski definition) is 6. The third-order valence-electron chi connectivity index (χ3n) is 6.92. The Morgan fingerprint density at radius 1 is 1.25 bits per heavy atom. The SMILES string of the molecule is CC1(C)NC(=O)N(CC(=O)OCC(=O)N/N=C2\CC3CCC2(C)C3(C)C)C1=O. The number of imide groups is 1. The zero-order chi connectivity index (χ0) is 20.9. The van der Waals surface area contributed by atoms with Crippen LogP contribution in [-0.2, 0) is 19.1 Å². The van der Waals surface area contributed by atoms with E-state index in [1.165, 1.54) is 6.42 Å². The van der Waals surface area contributed by atoms with Gasteiger partial charge in [0.25, 0.3) is 11.8 Å². The molecule has 1 aliphatic heterocycles. The van der Waals surface area contributed by atoms with Crippen LogP contribution in [0.15, 0.2) is 5.10 Å². The number of carbonyl (C=O) groups excluding carboxylic acids is 4. The molecule has 1 saturated heterocycles. The molecule has 4 amide bonds. The molecule has 2 aliphatic carbocycles. The first-order chi connectivity index (χ1) is 12.9. The van der Waals surface area contributed by atoms with Gasteiger partial charge in [-0.15, -0.1) is 0 Å². The highest BCUT2D eigenvalue weighted by Crippen LogP contribution is 2.63. The van der Waals surface area contributed by atoms with Crippen LogP contribution >= 0.6 is 0 Å². The Hall–Kier alpha value is -2.45. The van der Waals surface area contributed by atoms with Crippen molar-refractivity contribution in [2.75, 3.05) is 13.2 Å². The molecule has 9 nitrogen and oxygen atoms in total. The molecule has 2 atom stereocenters. The van der Waals surface area contributed by atoms with Gasteiger partial charge in [0, 0.05) is 11.1 Å². The molecule has 2 N–H and O–H groups in total. The maximum absolute atomic E-state index is 12.0. The van der Waals surface area contributed by atoms with E-state index in [1.807, 2.05) is 0 Å². The third kappa shape index (κ3) is 3.16. The predicted molar refractivity (Wildman–Crippen MR) is 100 cm³/mol. The Morgan fingerprint density at radius 3 is 2.43 bits per heavy atom. The van der Waals surface area contributed by atoms with Gasteiger partial charge in [-0.25, -0.2) is 10.2 Å². The van der Waals surface area contributed by atoms with E-state index in [0.29, 0.717) is 5.92 Å². The van der Waals surface area contributed by atoms with Gasteiger partial charge in [-0.3, -0.25) is 19.3 Å². The minimum absolute atomic E-state index is 0.0299. The number of amides is 4. The van der Waals surface area contributed by atoms with Gasteiger partial charge in [-0.2, -0.15) is 5.10 Å². The second-order valence-corrected chi connectivity index (χ2v) is 9.19. The summed E-state index contributed by atoms with van der Waals surface area (Å²) in [6.45, 7) is 8.70. The smallest absolute Gasteiger partial charge is 0.326 e. The minimum atomic E-state index is -1.06. The lowest BCUT2D eigenvalue weighted by atomic mass is 9.70. The van der Waals surface area contributed by atoms with Crippen molar-refractivity contribution >= 4 is 29.5 Å². The second kappa shape index (κ2) is 6.56. The summed E-state index contributed by atoms with van der Waals surface area (Å²) in [7, 11) is 0. The zero-order valence-corrected chi connectivity index (χ0v) is 17.0. The third-order valence-corrected chi connectivity index (χ3v) is 6.92. The first-order valence-corrected chi connectivity index (χ1v) is 9.54. The van der Waals surface area contributed by atoms with Gasteiger partial charge >= 0.3 is 12.0 Å². The van der Waals surface area contributed by atoms with E-state index in [2.05, 4.69) is 36.6 Å². The summed E-state index contributed by atoms with van der Waals surface area (Å²) in [4.78, 5) is 48.5. The molecule has 0 spiro atoms. The number of hydrogen-bond donors (Lipinski definition) is 2. The molecular weight excluding hydrogens is 364 g/mol. The maximum atomic E-state index is 12.0. The molecule has 2 bridgehead atoms. The first kappa shape index (κ1) is 20.3. The normalized spacial score (nSPS) is 31.2. The number of nitrogens with zero attached hydrogens (tertiary/aromatic N) is 2. The van der Waals surface area contributed by atoms with Crippen molar-refractivity contribution < 1.29 is 23.9 Å². The molecule has 0 aromatic rings. The van der Waals surface area contributed by atoms with Crippen molar-refractivity contribution in [3.05, 3.63) is 0 Å². The van der Waals surface area contributed by atoms with Crippen LogP contribution in [0, 0.1) is 16.7 Å². The van der Waals surface area contributed by atoms with E-state index < -0.39 is 42.5 Å². The van der Waals surface area contributed by atoms with Crippen molar-refractivity contribution in [3.8, 4) is 0 Å². The molecule has 2 unspecified atom stereocenters.